The first-order valence-electron chi connectivity index (χ1n) is 8.86. The van der Waals surface area contributed by atoms with E-state index in [0.717, 1.165) is 24.0 Å². The second-order valence-electron chi connectivity index (χ2n) is 7.31. The number of ether oxygens (including phenoxy) is 3. The number of likely N-dealkylation sites (tertiary alicyclic amines) is 1. The molecule has 6 heteroatoms. The summed E-state index contributed by atoms with van der Waals surface area (Å²) in [5.41, 5.74) is 3.19. The Labute approximate surface area is 151 Å². The first-order valence-corrected chi connectivity index (χ1v) is 8.86. The van der Waals surface area contributed by atoms with E-state index in [4.69, 9.17) is 14.2 Å². The van der Waals surface area contributed by atoms with Crippen molar-refractivity contribution < 1.29 is 19.0 Å². The number of nitrogens with zero attached hydrogens (tertiary/aromatic N) is 2. The Morgan fingerprint density at radius 1 is 1.46 bits per heavy atom. The lowest BCUT2D eigenvalue weighted by Crippen LogP contribution is -2.61. The number of piperidine rings is 1. The highest BCUT2D eigenvalue weighted by molar-refractivity contribution is 5.73. The minimum atomic E-state index is -0.365. The number of hydrogen-bond acceptors (Lipinski definition) is 6. The van der Waals surface area contributed by atoms with Crippen molar-refractivity contribution in [3.05, 3.63) is 41.3 Å². The van der Waals surface area contributed by atoms with Gasteiger partial charge in [0.05, 0.1) is 11.5 Å². The van der Waals surface area contributed by atoms with E-state index in [-0.39, 0.29) is 29.6 Å². The molecule has 0 saturated carbocycles. The number of rotatable bonds is 2. The van der Waals surface area contributed by atoms with Gasteiger partial charge in [0.25, 0.3) is 0 Å². The van der Waals surface area contributed by atoms with Crippen molar-refractivity contribution >= 4 is 5.97 Å². The maximum atomic E-state index is 11.5. The number of hydrogen-bond donors (Lipinski definition) is 0. The van der Waals surface area contributed by atoms with E-state index in [0.29, 0.717) is 18.0 Å². The van der Waals surface area contributed by atoms with Gasteiger partial charge in [0.15, 0.2) is 17.7 Å². The fraction of sp³-hybridized carbons (Fsp3) is 0.450. The van der Waals surface area contributed by atoms with Crippen LogP contribution in [0.25, 0.3) is 0 Å². The van der Waals surface area contributed by atoms with Gasteiger partial charge in [0.2, 0.25) is 0 Å². The Balaban J connectivity index is 1.76. The Morgan fingerprint density at radius 3 is 3.04 bits per heavy atom. The van der Waals surface area contributed by atoms with Gasteiger partial charge >= 0.3 is 5.97 Å². The molecule has 2 heterocycles. The second-order valence-corrected chi connectivity index (χ2v) is 7.31. The van der Waals surface area contributed by atoms with E-state index in [1.807, 2.05) is 17.4 Å². The molecule has 2 bridgehead atoms. The van der Waals surface area contributed by atoms with Crippen LogP contribution in [0.2, 0.25) is 0 Å². The first-order chi connectivity index (χ1) is 12.6. The van der Waals surface area contributed by atoms with Crippen molar-refractivity contribution in [1.82, 2.24) is 4.90 Å². The van der Waals surface area contributed by atoms with Crippen molar-refractivity contribution in [2.75, 3.05) is 13.7 Å². The zero-order chi connectivity index (χ0) is 18.1. The lowest BCUT2D eigenvalue weighted by atomic mass is 9.56. The van der Waals surface area contributed by atoms with Gasteiger partial charge < -0.3 is 19.1 Å². The third kappa shape index (κ3) is 1.76. The van der Waals surface area contributed by atoms with Gasteiger partial charge in [-0.2, -0.15) is 5.26 Å². The number of methoxy groups -OCH3 is 1. The predicted octanol–water partition coefficient (Wildman–Crippen LogP) is 1.88. The van der Waals surface area contributed by atoms with E-state index in [1.165, 1.54) is 12.5 Å². The molecule has 4 aliphatic rings. The highest BCUT2D eigenvalue weighted by Gasteiger charge is 2.63. The van der Waals surface area contributed by atoms with Gasteiger partial charge in [-0.05, 0) is 30.0 Å². The van der Waals surface area contributed by atoms with Crippen LogP contribution in [0.4, 0.5) is 0 Å². The third-order valence-corrected chi connectivity index (χ3v) is 6.21. The van der Waals surface area contributed by atoms with E-state index < -0.39 is 0 Å². The van der Waals surface area contributed by atoms with Crippen LogP contribution in [0.15, 0.2) is 23.8 Å². The molecule has 1 unspecified atom stereocenters. The smallest absolute Gasteiger partial charge is 0.308 e. The molecule has 2 aliphatic heterocycles. The average Bonchev–Trinajstić information content (AvgIpc) is 2.97. The number of carbonyl (C=O) groups is 1. The molecule has 0 amide bonds. The van der Waals surface area contributed by atoms with Crippen LogP contribution < -0.4 is 9.47 Å². The number of carbonyl (C=O) groups excluding carboxylic acids is 1. The van der Waals surface area contributed by atoms with E-state index in [2.05, 4.69) is 12.3 Å². The van der Waals surface area contributed by atoms with Crippen LogP contribution in [0, 0.1) is 17.9 Å². The zero-order valence-electron chi connectivity index (χ0n) is 14.7. The third-order valence-electron chi connectivity index (χ3n) is 6.21. The van der Waals surface area contributed by atoms with Gasteiger partial charge in [-0.1, -0.05) is 12.1 Å². The quantitative estimate of drug-likeness (QED) is 0.460. The highest BCUT2D eigenvalue weighted by Crippen LogP contribution is 2.62. The summed E-state index contributed by atoms with van der Waals surface area (Å²) in [5.74, 6) is 0.765. The fourth-order valence-electron chi connectivity index (χ4n) is 5.28. The highest BCUT2D eigenvalue weighted by atomic mass is 16.6. The molecule has 1 aromatic rings. The number of esters is 1. The molecular formula is C20H19N2O4. The Morgan fingerprint density at radius 2 is 2.31 bits per heavy atom. The first kappa shape index (κ1) is 15.7. The molecule has 133 valence electrons. The molecule has 5 rings (SSSR count). The van der Waals surface area contributed by atoms with E-state index in [1.54, 1.807) is 13.2 Å². The molecule has 1 aromatic carbocycles. The lowest BCUT2D eigenvalue weighted by molar-refractivity contribution is -0.132. The Bertz CT molecular complexity index is 887. The molecule has 26 heavy (non-hydrogen) atoms. The van der Waals surface area contributed by atoms with Crippen molar-refractivity contribution in [2.24, 2.45) is 0 Å². The minimum Gasteiger partial charge on any atom is -0.482 e. The van der Waals surface area contributed by atoms with Gasteiger partial charge in [-0.15, -0.1) is 0 Å². The van der Waals surface area contributed by atoms with Crippen LogP contribution in [0.5, 0.6) is 11.5 Å². The van der Waals surface area contributed by atoms with Crippen LogP contribution >= 0.6 is 0 Å². The predicted molar refractivity (Wildman–Crippen MR) is 91.5 cm³/mol. The lowest BCUT2D eigenvalue weighted by Gasteiger charge is -2.53. The van der Waals surface area contributed by atoms with Gasteiger partial charge in [0, 0.05) is 32.6 Å². The molecule has 0 aromatic heterocycles. The molecule has 1 saturated heterocycles. The maximum absolute atomic E-state index is 11.5. The topological polar surface area (TPSA) is 71.8 Å². The van der Waals surface area contributed by atoms with Crippen LogP contribution in [0.1, 0.15) is 24.5 Å². The standard InChI is InChI=1S/C20H19N2O4/c1-11(23)25-15-5-3-12-9-14-13-4-6-16(24-2)19-20(13,7-8-22(14)10-21)17(12)18(15)26-19/h3-6,14,16,19H,7-9H2,1-2H3/t14-,16?,19+,20+/m1/s1. The zero-order valence-corrected chi connectivity index (χ0v) is 14.7. The summed E-state index contributed by atoms with van der Waals surface area (Å²) in [5, 5.41) is 9.58. The molecule has 1 spiro atoms. The molecule has 1 fully saturated rings. The summed E-state index contributed by atoms with van der Waals surface area (Å²) in [6, 6.07) is 3.86. The van der Waals surface area contributed by atoms with Crippen molar-refractivity contribution in [3.8, 4) is 17.7 Å². The minimum absolute atomic E-state index is 0.0481. The summed E-state index contributed by atoms with van der Waals surface area (Å²) in [6.45, 7) is 2.08. The Hall–Kier alpha value is -2.52. The molecule has 2 aliphatic carbocycles. The van der Waals surface area contributed by atoms with Crippen molar-refractivity contribution in [1.29, 1.82) is 5.26 Å². The molecular weight excluding hydrogens is 332 g/mol. The van der Waals surface area contributed by atoms with Crippen molar-refractivity contribution in [3.63, 3.8) is 0 Å². The summed E-state index contributed by atoms with van der Waals surface area (Å²) in [4.78, 5) is 13.4. The maximum Gasteiger partial charge on any atom is 0.308 e. The molecule has 6 nitrogen and oxygen atoms in total. The molecule has 0 N–H and O–H groups in total. The summed E-state index contributed by atoms with van der Waals surface area (Å²) < 4.78 is 17.5. The number of benzene rings is 1. The van der Waals surface area contributed by atoms with Gasteiger partial charge in [-0.25, -0.2) is 0 Å². The summed E-state index contributed by atoms with van der Waals surface area (Å²) >= 11 is 0. The largest absolute Gasteiger partial charge is 0.482 e. The average molecular weight is 351 g/mol. The monoisotopic (exact) mass is 351 g/mol. The van der Waals surface area contributed by atoms with E-state index >= 15 is 0 Å². The summed E-state index contributed by atoms with van der Waals surface area (Å²) in [7, 11) is 1.68. The SMILES string of the molecule is COC1[CH]C=C2[C@H]3Cc4ccc(OC(C)=O)c5c4[C@@]2(CCN3C#N)[C@H]1O5. The van der Waals surface area contributed by atoms with Crippen molar-refractivity contribution in [2.45, 2.75) is 43.4 Å². The van der Waals surface area contributed by atoms with Crippen LogP contribution in [-0.4, -0.2) is 42.8 Å². The van der Waals surface area contributed by atoms with E-state index in [9.17, 15) is 10.1 Å². The molecule has 1 radical (unpaired) electrons. The molecule has 4 atom stereocenters. The normalized spacial score (nSPS) is 32.9. The van der Waals surface area contributed by atoms with Gasteiger partial charge in [-0.3, -0.25) is 4.79 Å². The summed E-state index contributed by atoms with van der Waals surface area (Å²) in [6.07, 6.45) is 7.64. The van der Waals surface area contributed by atoms with Crippen LogP contribution in [-0.2, 0) is 21.4 Å². The fourth-order valence-corrected chi connectivity index (χ4v) is 5.28. The van der Waals surface area contributed by atoms with Crippen LogP contribution in [0.3, 0.4) is 0 Å². The number of nitriles is 1. The second kappa shape index (κ2) is 5.24. The van der Waals surface area contributed by atoms with Gasteiger partial charge in [0.1, 0.15) is 12.2 Å². The Kier molecular flexibility index (Phi) is 3.17.